The lowest BCUT2D eigenvalue weighted by molar-refractivity contribution is -0.0124. The average Bonchev–Trinajstić information content (AvgIpc) is 2.68. The van der Waals surface area contributed by atoms with Crippen LogP contribution in [0.3, 0.4) is 0 Å². The third-order valence-corrected chi connectivity index (χ3v) is 7.36. The Labute approximate surface area is 181 Å². The maximum Gasteiger partial charge on any atom is 0.265 e. The summed E-state index contributed by atoms with van der Waals surface area (Å²) in [5.74, 6) is -0.346. The minimum Gasteiger partial charge on any atom is -0.375 e. The molecule has 1 heterocycles. The summed E-state index contributed by atoms with van der Waals surface area (Å²) in [6.07, 6.45) is -0.101. The number of sulfonamides is 1. The molecule has 0 spiro atoms. The molecule has 0 N–H and O–H groups in total. The molecular weight excluding hydrogens is 435 g/mol. The van der Waals surface area contributed by atoms with Crippen LogP contribution in [0.4, 0.5) is 5.69 Å². The first kappa shape index (κ1) is 21.9. The first-order chi connectivity index (χ1) is 13.8. The molecule has 156 valence electrons. The molecule has 6 nitrogen and oxygen atoms in total. The number of hydrogen-bond donors (Lipinski definition) is 0. The first-order valence-electron chi connectivity index (χ1n) is 9.23. The highest BCUT2D eigenvalue weighted by molar-refractivity contribution is 7.93. The number of amides is 1. The molecule has 1 fully saturated rings. The van der Waals surface area contributed by atoms with E-state index in [1.165, 1.54) is 16.4 Å². The molecule has 3 rings (SSSR count). The highest BCUT2D eigenvalue weighted by Crippen LogP contribution is 2.33. The van der Waals surface area contributed by atoms with E-state index in [9.17, 15) is 13.2 Å². The van der Waals surface area contributed by atoms with Gasteiger partial charge in [0, 0.05) is 19.6 Å². The van der Waals surface area contributed by atoms with Gasteiger partial charge in [0.1, 0.15) is 4.90 Å². The minimum atomic E-state index is -4.00. The first-order valence-corrected chi connectivity index (χ1v) is 11.4. The second-order valence-electron chi connectivity index (χ2n) is 6.70. The van der Waals surface area contributed by atoms with Crippen LogP contribution in [0.15, 0.2) is 47.4 Å². The van der Waals surface area contributed by atoms with Crippen molar-refractivity contribution < 1.29 is 17.9 Å². The zero-order valence-electron chi connectivity index (χ0n) is 16.1. The highest BCUT2D eigenvalue weighted by atomic mass is 35.5. The molecule has 1 saturated heterocycles. The predicted octanol–water partition coefficient (Wildman–Crippen LogP) is 4.07. The van der Waals surface area contributed by atoms with Crippen molar-refractivity contribution in [1.82, 2.24) is 4.90 Å². The Balaban J connectivity index is 2.03. The molecule has 1 atom stereocenters. The van der Waals surface area contributed by atoms with Gasteiger partial charge in [0.15, 0.2) is 0 Å². The van der Waals surface area contributed by atoms with Crippen LogP contribution in [0.2, 0.25) is 10.0 Å². The normalized spacial score (nSPS) is 17.2. The number of carbonyl (C=O) groups is 1. The molecule has 0 bridgehead atoms. The summed E-state index contributed by atoms with van der Waals surface area (Å²) < 4.78 is 33.4. The molecule has 0 radical (unpaired) electrons. The summed E-state index contributed by atoms with van der Waals surface area (Å²) in [4.78, 5) is 14.5. The van der Waals surface area contributed by atoms with Crippen molar-refractivity contribution in [3.05, 3.63) is 58.1 Å². The fourth-order valence-corrected chi connectivity index (χ4v) is 5.57. The Morgan fingerprint density at radius 1 is 1.21 bits per heavy atom. The van der Waals surface area contributed by atoms with Gasteiger partial charge in [-0.1, -0.05) is 41.4 Å². The van der Waals surface area contributed by atoms with Crippen LogP contribution in [0.1, 0.15) is 24.2 Å². The van der Waals surface area contributed by atoms with Gasteiger partial charge >= 0.3 is 0 Å². The third-order valence-electron chi connectivity index (χ3n) is 4.68. The predicted molar refractivity (Wildman–Crippen MR) is 114 cm³/mol. The van der Waals surface area contributed by atoms with Crippen LogP contribution in [0, 0.1) is 0 Å². The molecule has 9 heteroatoms. The molecular formula is C20H22Cl2N2O4S. The SMILES string of the molecule is CCN(c1ccccc1)S(=O)(=O)c1cc(C(=O)N2CCO[C@H](C)C2)c(Cl)cc1Cl. The maximum absolute atomic E-state index is 13.4. The summed E-state index contributed by atoms with van der Waals surface area (Å²) in [5, 5.41) is 0.0807. The van der Waals surface area contributed by atoms with E-state index in [1.807, 2.05) is 6.92 Å². The van der Waals surface area contributed by atoms with Crippen molar-refractivity contribution in [2.45, 2.75) is 24.8 Å². The van der Waals surface area contributed by atoms with Crippen molar-refractivity contribution in [3.63, 3.8) is 0 Å². The molecule has 2 aromatic carbocycles. The fourth-order valence-electron chi connectivity index (χ4n) is 3.27. The van der Waals surface area contributed by atoms with Crippen LogP contribution >= 0.6 is 23.2 Å². The van der Waals surface area contributed by atoms with Gasteiger partial charge in [0.2, 0.25) is 0 Å². The van der Waals surface area contributed by atoms with Gasteiger partial charge in [0.25, 0.3) is 15.9 Å². The van der Waals surface area contributed by atoms with Crippen molar-refractivity contribution in [2.75, 3.05) is 30.5 Å². The van der Waals surface area contributed by atoms with Crippen molar-refractivity contribution in [2.24, 2.45) is 0 Å². The number of benzene rings is 2. The van der Waals surface area contributed by atoms with Crippen LogP contribution in [0.25, 0.3) is 0 Å². The number of anilines is 1. The third kappa shape index (κ3) is 4.53. The number of hydrogen-bond acceptors (Lipinski definition) is 4. The van der Waals surface area contributed by atoms with Gasteiger partial charge < -0.3 is 9.64 Å². The maximum atomic E-state index is 13.4. The number of ether oxygens (including phenoxy) is 1. The molecule has 1 aliphatic rings. The molecule has 0 saturated carbocycles. The number of nitrogens with zero attached hydrogens (tertiary/aromatic N) is 2. The highest BCUT2D eigenvalue weighted by Gasteiger charge is 2.30. The zero-order chi connectivity index (χ0) is 21.2. The smallest absolute Gasteiger partial charge is 0.265 e. The lowest BCUT2D eigenvalue weighted by Gasteiger charge is -2.31. The Morgan fingerprint density at radius 2 is 1.90 bits per heavy atom. The van der Waals surface area contributed by atoms with E-state index in [2.05, 4.69) is 0 Å². The van der Waals surface area contributed by atoms with Gasteiger partial charge in [-0.05, 0) is 38.1 Å². The number of carbonyl (C=O) groups excluding carboxylic acids is 1. The second kappa shape index (κ2) is 8.92. The van der Waals surface area contributed by atoms with E-state index in [-0.39, 0.29) is 39.1 Å². The minimum absolute atomic E-state index is 0.0312. The molecule has 0 aromatic heterocycles. The Bertz CT molecular complexity index is 999. The summed E-state index contributed by atoms with van der Waals surface area (Å²) in [6.45, 7) is 5.05. The van der Waals surface area contributed by atoms with Crippen LogP contribution in [-0.4, -0.2) is 51.6 Å². The average molecular weight is 457 g/mol. The second-order valence-corrected chi connectivity index (χ2v) is 9.35. The standard InChI is InChI=1S/C20H22Cl2N2O4S/c1-3-24(15-7-5-4-6-8-15)29(26,27)19-11-16(17(21)12-18(19)22)20(25)23-9-10-28-14(2)13-23/h4-8,11-12,14H,3,9-10,13H2,1-2H3/t14-/m1/s1. The van der Waals surface area contributed by atoms with E-state index >= 15 is 0 Å². The quantitative estimate of drug-likeness (QED) is 0.679. The Hall–Kier alpha value is -1.80. The van der Waals surface area contributed by atoms with Crippen molar-refractivity contribution in [1.29, 1.82) is 0 Å². The summed E-state index contributed by atoms with van der Waals surface area (Å²) in [5.41, 5.74) is 0.615. The van der Waals surface area contributed by atoms with E-state index in [0.29, 0.717) is 25.4 Å². The molecule has 1 amide bonds. The Morgan fingerprint density at radius 3 is 2.52 bits per heavy atom. The van der Waals surface area contributed by atoms with Gasteiger partial charge in [-0.3, -0.25) is 9.10 Å². The summed E-state index contributed by atoms with van der Waals surface area (Å²) >= 11 is 12.5. The molecule has 29 heavy (non-hydrogen) atoms. The largest absolute Gasteiger partial charge is 0.375 e. The van der Waals surface area contributed by atoms with E-state index in [0.717, 1.165) is 0 Å². The lowest BCUT2D eigenvalue weighted by Crippen LogP contribution is -2.44. The topological polar surface area (TPSA) is 66.9 Å². The van der Waals surface area contributed by atoms with Crippen LogP contribution in [0.5, 0.6) is 0 Å². The zero-order valence-corrected chi connectivity index (χ0v) is 18.5. The number of para-hydroxylation sites is 1. The Kier molecular flexibility index (Phi) is 6.73. The summed E-state index contributed by atoms with van der Waals surface area (Å²) in [7, 11) is -4.00. The van der Waals surface area contributed by atoms with E-state index < -0.39 is 10.0 Å². The van der Waals surface area contributed by atoms with Crippen LogP contribution in [-0.2, 0) is 14.8 Å². The molecule has 0 unspecified atom stereocenters. The van der Waals surface area contributed by atoms with Gasteiger partial charge in [-0.2, -0.15) is 0 Å². The summed E-state index contributed by atoms with van der Waals surface area (Å²) in [6, 6.07) is 11.3. The monoisotopic (exact) mass is 456 g/mol. The number of halogens is 2. The number of rotatable bonds is 5. The van der Waals surface area contributed by atoms with E-state index in [4.69, 9.17) is 27.9 Å². The lowest BCUT2D eigenvalue weighted by atomic mass is 10.1. The van der Waals surface area contributed by atoms with Gasteiger partial charge in [-0.15, -0.1) is 0 Å². The van der Waals surface area contributed by atoms with Gasteiger partial charge in [0.05, 0.1) is 34.0 Å². The fraction of sp³-hybridized carbons (Fsp3) is 0.350. The van der Waals surface area contributed by atoms with Crippen LogP contribution < -0.4 is 4.31 Å². The van der Waals surface area contributed by atoms with E-state index in [1.54, 1.807) is 42.2 Å². The molecule has 1 aliphatic heterocycles. The van der Waals surface area contributed by atoms with Crippen molar-refractivity contribution in [3.8, 4) is 0 Å². The van der Waals surface area contributed by atoms with Gasteiger partial charge in [-0.25, -0.2) is 8.42 Å². The number of morpholine rings is 1. The molecule has 0 aliphatic carbocycles. The molecule has 2 aromatic rings. The van der Waals surface area contributed by atoms with Crippen molar-refractivity contribution >= 4 is 44.8 Å².